The van der Waals surface area contributed by atoms with Crippen LogP contribution in [0.25, 0.3) is 10.7 Å². The van der Waals surface area contributed by atoms with Gasteiger partial charge < -0.3 is 10.6 Å². The fourth-order valence-electron chi connectivity index (χ4n) is 2.47. The number of thiophene rings is 1. The number of halogens is 1. The van der Waals surface area contributed by atoms with E-state index in [-0.39, 0.29) is 5.91 Å². The third-order valence-corrected chi connectivity index (χ3v) is 4.92. The summed E-state index contributed by atoms with van der Waals surface area (Å²) in [5.41, 5.74) is 1.08. The number of rotatable bonds is 6. The van der Waals surface area contributed by atoms with Gasteiger partial charge in [0.1, 0.15) is 11.6 Å². The van der Waals surface area contributed by atoms with E-state index in [1.54, 1.807) is 47.7 Å². The van der Waals surface area contributed by atoms with Gasteiger partial charge in [-0.2, -0.15) is 5.10 Å². The summed E-state index contributed by atoms with van der Waals surface area (Å²) >= 11 is 7.51. The Morgan fingerprint density at radius 1 is 1.18 bits per heavy atom. The first kappa shape index (κ1) is 18.1. The Labute approximate surface area is 169 Å². The molecule has 0 saturated heterocycles. The van der Waals surface area contributed by atoms with Gasteiger partial charge in [-0.1, -0.05) is 23.7 Å². The van der Waals surface area contributed by atoms with Gasteiger partial charge in [0.25, 0.3) is 5.91 Å². The first-order valence-electron chi connectivity index (χ1n) is 8.39. The van der Waals surface area contributed by atoms with Crippen LogP contribution in [0.5, 0.6) is 0 Å². The predicted molar refractivity (Wildman–Crippen MR) is 111 cm³/mol. The number of aromatic nitrogens is 4. The van der Waals surface area contributed by atoms with Crippen LogP contribution in [-0.4, -0.2) is 26.1 Å². The molecule has 0 bridgehead atoms. The lowest BCUT2D eigenvalue weighted by atomic mass is 10.2. The summed E-state index contributed by atoms with van der Waals surface area (Å²) in [5.74, 6) is 1.76. The number of H-pyrrole nitrogens is 1. The van der Waals surface area contributed by atoms with Crippen molar-refractivity contribution in [3.8, 4) is 10.7 Å². The maximum atomic E-state index is 12.3. The van der Waals surface area contributed by atoms with Crippen molar-refractivity contribution in [3.63, 3.8) is 0 Å². The highest BCUT2D eigenvalue weighted by atomic mass is 35.5. The Kier molecular flexibility index (Phi) is 5.31. The van der Waals surface area contributed by atoms with E-state index in [1.807, 2.05) is 17.5 Å². The lowest BCUT2D eigenvalue weighted by Crippen LogP contribution is -2.12. The van der Waals surface area contributed by atoms with Crippen molar-refractivity contribution < 1.29 is 4.79 Å². The van der Waals surface area contributed by atoms with Crippen molar-refractivity contribution >= 4 is 40.4 Å². The fraction of sp³-hybridized carbons (Fsp3) is 0.0526. The van der Waals surface area contributed by atoms with Gasteiger partial charge in [0.15, 0.2) is 5.82 Å². The fourth-order valence-corrected chi connectivity index (χ4v) is 3.31. The Morgan fingerprint density at radius 3 is 2.86 bits per heavy atom. The SMILES string of the molecule is O=C(Nc1cccc(Cl)c1)c1ccc(NCc2nc(-c3cccs3)n[nH]2)nc1. The summed E-state index contributed by atoms with van der Waals surface area (Å²) in [6.45, 7) is 0.444. The molecule has 140 valence electrons. The molecule has 7 nitrogen and oxygen atoms in total. The summed E-state index contributed by atoms with van der Waals surface area (Å²) in [5, 5.41) is 15.6. The number of carbonyl (C=O) groups excluding carboxylic acids is 1. The van der Waals surface area contributed by atoms with E-state index in [4.69, 9.17) is 11.6 Å². The van der Waals surface area contributed by atoms with Gasteiger partial charge in [0.05, 0.1) is 17.0 Å². The zero-order valence-electron chi connectivity index (χ0n) is 14.5. The van der Waals surface area contributed by atoms with Crippen molar-refractivity contribution in [3.05, 3.63) is 76.5 Å². The van der Waals surface area contributed by atoms with Gasteiger partial charge in [-0.05, 0) is 41.8 Å². The Hall–Kier alpha value is -3.23. The second kappa shape index (κ2) is 8.20. The predicted octanol–water partition coefficient (Wildman–Crippen LogP) is 4.45. The number of hydrogen-bond acceptors (Lipinski definition) is 6. The summed E-state index contributed by atoms with van der Waals surface area (Å²) in [6.07, 6.45) is 1.51. The standard InChI is InChI=1S/C19H15ClN6OS/c20-13-3-1-4-14(9-13)23-19(27)12-6-7-16(21-10-12)22-11-17-24-18(26-25-17)15-5-2-8-28-15/h1-10H,11H2,(H,21,22)(H,23,27)(H,24,25,26). The van der Waals surface area contributed by atoms with Gasteiger partial charge >= 0.3 is 0 Å². The van der Waals surface area contributed by atoms with Crippen LogP contribution in [0.3, 0.4) is 0 Å². The van der Waals surface area contributed by atoms with Crippen molar-refractivity contribution in [1.82, 2.24) is 20.2 Å². The van der Waals surface area contributed by atoms with Crippen molar-refractivity contribution in [2.24, 2.45) is 0 Å². The van der Waals surface area contributed by atoms with Gasteiger partial charge in [0, 0.05) is 16.9 Å². The number of carbonyl (C=O) groups is 1. The van der Waals surface area contributed by atoms with Crippen molar-refractivity contribution in [1.29, 1.82) is 0 Å². The van der Waals surface area contributed by atoms with Gasteiger partial charge in [-0.3, -0.25) is 9.89 Å². The molecule has 0 radical (unpaired) electrons. The zero-order valence-corrected chi connectivity index (χ0v) is 16.1. The number of hydrogen-bond donors (Lipinski definition) is 3. The van der Waals surface area contributed by atoms with E-state index < -0.39 is 0 Å². The molecule has 0 saturated carbocycles. The Balaban J connectivity index is 1.35. The third kappa shape index (κ3) is 4.36. The van der Waals surface area contributed by atoms with Crippen LogP contribution < -0.4 is 10.6 Å². The number of amides is 1. The van der Waals surface area contributed by atoms with Crippen molar-refractivity contribution in [2.75, 3.05) is 10.6 Å². The van der Waals surface area contributed by atoms with E-state index in [9.17, 15) is 4.79 Å². The first-order chi connectivity index (χ1) is 13.7. The van der Waals surface area contributed by atoms with Crippen LogP contribution in [0.15, 0.2) is 60.1 Å². The number of pyridine rings is 1. The molecule has 0 aliphatic rings. The van der Waals surface area contributed by atoms with Crippen LogP contribution in [0, 0.1) is 0 Å². The number of nitrogens with zero attached hydrogens (tertiary/aromatic N) is 3. The number of nitrogens with one attached hydrogen (secondary N) is 3. The highest BCUT2D eigenvalue weighted by molar-refractivity contribution is 7.13. The molecule has 0 unspecified atom stereocenters. The van der Waals surface area contributed by atoms with E-state index >= 15 is 0 Å². The van der Waals surface area contributed by atoms with Crippen molar-refractivity contribution in [2.45, 2.75) is 6.54 Å². The highest BCUT2D eigenvalue weighted by Gasteiger charge is 2.09. The summed E-state index contributed by atoms with van der Waals surface area (Å²) in [6, 6.07) is 14.4. The maximum absolute atomic E-state index is 12.3. The smallest absolute Gasteiger partial charge is 0.257 e. The minimum absolute atomic E-state index is 0.253. The lowest BCUT2D eigenvalue weighted by molar-refractivity contribution is 0.102. The van der Waals surface area contributed by atoms with Crippen LogP contribution in [0.1, 0.15) is 16.2 Å². The number of anilines is 2. The lowest BCUT2D eigenvalue weighted by Gasteiger charge is -2.07. The second-order valence-electron chi connectivity index (χ2n) is 5.83. The summed E-state index contributed by atoms with van der Waals surface area (Å²) in [4.78, 5) is 22.0. The molecule has 0 spiro atoms. The second-order valence-corrected chi connectivity index (χ2v) is 7.22. The van der Waals surface area contributed by atoms with E-state index in [0.29, 0.717) is 40.3 Å². The van der Waals surface area contributed by atoms with E-state index in [0.717, 1.165) is 4.88 Å². The normalized spacial score (nSPS) is 10.6. The largest absolute Gasteiger partial charge is 0.363 e. The van der Waals surface area contributed by atoms with Gasteiger partial charge in [-0.25, -0.2) is 9.97 Å². The minimum Gasteiger partial charge on any atom is -0.363 e. The molecule has 0 fully saturated rings. The zero-order chi connectivity index (χ0) is 19.3. The Bertz CT molecular complexity index is 1080. The molecule has 4 rings (SSSR count). The molecular weight excluding hydrogens is 396 g/mol. The molecule has 9 heteroatoms. The van der Waals surface area contributed by atoms with Crippen LogP contribution in [0.4, 0.5) is 11.5 Å². The number of aromatic amines is 1. The van der Waals surface area contributed by atoms with Crippen LogP contribution in [-0.2, 0) is 6.54 Å². The minimum atomic E-state index is -0.253. The third-order valence-electron chi connectivity index (χ3n) is 3.82. The topological polar surface area (TPSA) is 95.6 Å². The molecule has 1 amide bonds. The Morgan fingerprint density at radius 2 is 2.11 bits per heavy atom. The molecule has 0 atom stereocenters. The van der Waals surface area contributed by atoms with Crippen LogP contribution in [0.2, 0.25) is 5.02 Å². The molecule has 4 aromatic rings. The molecule has 3 aromatic heterocycles. The molecule has 3 N–H and O–H groups in total. The molecular formula is C19H15ClN6OS. The quantitative estimate of drug-likeness (QED) is 0.436. The maximum Gasteiger partial charge on any atom is 0.257 e. The first-order valence-corrected chi connectivity index (χ1v) is 9.65. The monoisotopic (exact) mass is 410 g/mol. The average molecular weight is 411 g/mol. The molecule has 28 heavy (non-hydrogen) atoms. The molecule has 0 aliphatic heterocycles. The highest BCUT2D eigenvalue weighted by Crippen LogP contribution is 2.20. The van der Waals surface area contributed by atoms with E-state index in [2.05, 4.69) is 30.8 Å². The molecule has 3 heterocycles. The number of benzene rings is 1. The average Bonchev–Trinajstić information content (AvgIpc) is 3.38. The van der Waals surface area contributed by atoms with E-state index in [1.165, 1.54) is 6.20 Å². The molecule has 0 aliphatic carbocycles. The van der Waals surface area contributed by atoms with Gasteiger partial charge in [0.2, 0.25) is 0 Å². The summed E-state index contributed by atoms with van der Waals surface area (Å²) < 4.78 is 0. The van der Waals surface area contributed by atoms with Gasteiger partial charge in [-0.15, -0.1) is 11.3 Å². The summed E-state index contributed by atoms with van der Waals surface area (Å²) in [7, 11) is 0. The van der Waals surface area contributed by atoms with Crippen LogP contribution >= 0.6 is 22.9 Å². The molecule has 1 aromatic carbocycles.